The number of hydrogen-bond acceptors (Lipinski definition) is 2. The van der Waals surface area contributed by atoms with E-state index in [1.165, 1.54) is 17.7 Å². The zero-order valence-corrected chi connectivity index (χ0v) is 17.5. The minimum absolute atomic E-state index is 0. The number of anilines is 1. The van der Waals surface area contributed by atoms with Crippen LogP contribution in [0.3, 0.4) is 0 Å². The lowest BCUT2D eigenvalue weighted by Gasteiger charge is -2.39. The van der Waals surface area contributed by atoms with E-state index < -0.39 is 0 Å². The number of rotatable bonds is 6. The van der Waals surface area contributed by atoms with Gasteiger partial charge < -0.3 is 9.80 Å². The predicted molar refractivity (Wildman–Crippen MR) is 116 cm³/mol. The smallest absolute Gasteiger partial charge is 0.229 e. The van der Waals surface area contributed by atoms with Gasteiger partial charge in [-0.15, -0.1) is 12.4 Å². The van der Waals surface area contributed by atoms with Crippen molar-refractivity contribution in [3.63, 3.8) is 0 Å². The summed E-state index contributed by atoms with van der Waals surface area (Å²) in [5, 5.41) is 0. The maximum absolute atomic E-state index is 13.7. The standard InChI is InChI=1S/C23H29FN2O.ClH/c1-18(2)23(27)26(22-10-6-9-20(24)17-22)21-12-15-25(16-13-21)14-11-19-7-4-3-5-8-19;/h3-10,17-18,21H,11-16H2,1-2H3;1H. The number of piperidine rings is 1. The van der Waals surface area contributed by atoms with Gasteiger partial charge in [0, 0.05) is 37.3 Å². The molecule has 0 bridgehead atoms. The fourth-order valence-electron chi connectivity index (χ4n) is 3.76. The lowest BCUT2D eigenvalue weighted by molar-refractivity contribution is -0.122. The molecule has 0 aromatic heterocycles. The van der Waals surface area contributed by atoms with Gasteiger partial charge in [-0.3, -0.25) is 4.79 Å². The van der Waals surface area contributed by atoms with Crippen LogP contribution in [-0.4, -0.2) is 36.5 Å². The van der Waals surface area contributed by atoms with Gasteiger partial charge in [-0.2, -0.15) is 0 Å². The summed E-state index contributed by atoms with van der Waals surface area (Å²) in [4.78, 5) is 17.1. The van der Waals surface area contributed by atoms with Gasteiger partial charge >= 0.3 is 0 Å². The maximum Gasteiger partial charge on any atom is 0.229 e. The SMILES string of the molecule is CC(C)C(=O)N(c1cccc(F)c1)C1CCN(CCc2ccccc2)CC1.Cl. The third-order valence-electron chi connectivity index (χ3n) is 5.30. The summed E-state index contributed by atoms with van der Waals surface area (Å²) < 4.78 is 13.7. The Bertz CT molecular complexity index is 745. The minimum atomic E-state index is -0.297. The Kier molecular flexibility index (Phi) is 8.46. The molecular formula is C23H30ClFN2O. The number of hydrogen-bond donors (Lipinski definition) is 0. The fourth-order valence-corrected chi connectivity index (χ4v) is 3.76. The van der Waals surface area contributed by atoms with E-state index in [1.807, 2.05) is 30.9 Å². The van der Waals surface area contributed by atoms with Crippen molar-refractivity contribution in [2.75, 3.05) is 24.5 Å². The third-order valence-corrected chi connectivity index (χ3v) is 5.30. The molecule has 1 aliphatic rings. The molecule has 0 radical (unpaired) electrons. The molecule has 3 rings (SSSR count). The van der Waals surface area contributed by atoms with E-state index in [1.54, 1.807) is 6.07 Å². The first kappa shape index (κ1) is 22.4. The average molecular weight is 405 g/mol. The summed E-state index contributed by atoms with van der Waals surface area (Å²) in [6, 6.07) is 17.1. The molecule has 0 spiro atoms. The van der Waals surface area contributed by atoms with Crippen LogP contribution in [0.15, 0.2) is 54.6 Å². The number of amides is 1. The van der Waals surface area contributed by atoms with Gasteiger partial charge in [0.15, 0.2) is 0 Å². The largest absolute Gasteiger partial charge is 0.309 e. The van der Waals surface area contributed by atoms with Crippen molar-refractivity contribution in [3.8, 4) is 0 Å². The van der Waals surface area contributed by atoms with Crippen LogP contribution in [-0.2, 0) is 11.2 Å². The molecule has 1 saturated heterocycles. The summed E-state index contributed by atoms with van der Waals surface area (Å²) >= 11 is 0. The number of carbonyl (C=O) groups excluding carboxylic acids is 1. The Hall–Kier alpha value is -1.91. The average Bonchev–Trinajstić information content (AvgIpc) is 2.68. The van der Waals surface area contributed by atoms with E-state index in [2.05, 4.69) is 29.2 Å². The van der Waals surface area contributed by atoms with Crippen LogP contribution in [0.1, 0.15) is 32.3 Å². The third kappa shape index (κ3) is 5.79. The lowest BCUT2D eigenvalue weighted by Crippen LogP contribution is -2.49. The van der Waals surface area contributed by atoms with Crippen LogP contribution < -0.4 is 4.90 Å². The minimum Gasteiger partial charge on any atom is -0.309 e. The summed E-state index contributed by atoms with van der Waals surface area (Å²) in [5.41, 5.74) is 2.03. The van der Waals surface area contributed by atoms with E-state index in [0.29, 0.717) is 5.69 Å². The second-order valence-electron chi connectivity index (χ2n) is 7.65. The summed E-state index contributed by atoms with van der Waals surface area (Å²) in [5.74, 6) is -0.331. The number of carbonyl (C=O) groups is 1. The van der Waals surface area contributed by atoms with Gasteiger partial charge in [0.25, 0.3) is 0 Å². The van der Waals surface area contributed by atoms with E-state index in [-0.39, 0.29) is 36.1 Å². The molecule has 2 aromatic rings. The highest BCUT2D eigenvalue weighted by atomic mass is 35.5. The maximum atomic E-state index is 13.7. The zero-order chi connectivity index (χ0) is 19.2. The van der Waals surface area contributed by atoms with Gasteiger partial charge in [0.05, 0.1) is 0 Å². The van der Waals surface area contributed by atoms with Gasteiger partial charge in [-0.05, 0) is 43.0 Å². The van der Waals surface area contributed by atoms with Crippen molar-refractivity contribution in [2.45, 2.75) is 39.2 Å². The van der Waals surface area contributed by atoms with Crippen molar-refractivity contribution in [2.24, 2.45) is 5.92 Å². The topological polar surface area (TPSA) is 23.6 Å². The zero-order valence-electron chi connectivity index (χ0n) is 16.7. The first-order valence-corrected chi connectivity index (χ1v) is 9.89. The van der Waals surface area contributed by atoms with Crippen molar-refractivity contribution in [1.29, 1.82) is 0 Å². The van der Waals surface area contributed by atoms with E-state index >= 15 is 0 Å². The van der Waals surface area contributed by atoms with Crippen LogP contribution in [0, 0.1) is 11.7 Å². The van der Waals surface area contributed by atoms with Crippen molar-refractivity contribution < 1.29 is 9.18 Å². The molecule has 1 aliphatic heterocycles. The molecule has 5 heteroatoms. The number of likely N-dealkylation sites (tertiary alicyclic amines) is 1. The monoisotopic (exact) mass is 404 g/mol. The summed E-state index contributed by atoms with van der Waals surface area (Å²) in [7, 11) is 0. The van der Waals surface area contributed by atoms with Crippen molar-refractivity contribution in [1.82, 2.24) is 4.90 Å². The highest BCUT2D eigenvalue weighted by Gasteiger charge is 2.30. The molecule has 2 aromatic carbocycles. The van der Waals surface area contributed by atoms with E-state index in [9.17, 15) is 9.18 Å². The Morgan fingerprint density at radius 2 is 1.79 bits per heavy atom. The van der Waals surface area contributed by atoms with Gasteiger partial charge in [0.2, 0.25) is 5.91 Å². The van der Waals surface area contributed by atoms with Crippen LogP contribution >= 0.6 is 12.4 Å². The second kappa shape index (κ2) is 10.6. The van der Waals surface area contributed by atoms with Crippen molar-refractivity contribution >= 4 is 24.0 Å². The van der Waals surface area contributed by atoms with E-state index in [4.69, 9.17) is 0 Å². The molecule has 28 heavy (non-hydrogen) atoms. The van der Waals surface area contributed by atoms with Crippen LogP contribution in [0.25, 0.3) is 0 Å². The molecule has 0 unspecified atom stereocenters. The fraction of sp³-hybridized carbons (Fsp3) is 0.435. The molecule has 3 nitrogen and oxygen atoms in total. The van der Waals surface area contributed by atoms with E-state index in [0.717, 1.165) is 38.9 Å². The molecular weight excluding hydrogens is 375 g/mol. The Labute approximate surface area is 173 Å². The second-order valence-corrected chi connectivity index (χ2v) is 7.65. The number of benzene rings is 2. The van der Waals surface area contributed by atoms with Crippen LogP contribution in [0.5, 0.6) is 0 Å². The predicted octanol–water partition coefficient (Wildman–Crippen LogP) is 4.94. The first-order chi connectivity index (χ1) is 13.0. The summed E-state index contributed by atoms with van der Waals surface area (Å²) in [6.45, 7) is 6.78. The number of nitrogens with zero attached hydrogens (tertiary/aromatic N) is 2. The van der Waals surface area contributed by atoms with Gasteiger partial charge in [0.1, 0.15) is 5.82 Å². The molecule has 0 saturated carbocycles. The molecule has 1 amide bonds. The molecule has 1 fully saturated rings. The van der Waals surface area contributed by atoms with Crippen LogP contribution in [0.2, 0.25) is 0 Å². The number of halogens is 2. The normalized spacial score (nSPS) is 15.3. The molecule has 1 heterocycles. The highest BCUT2D eigenvalue weighted by molar-refractivity contribution is 5.95. The first-order valence-electron chi connectivity index (χ1n) is 9.89. The highest BCUT2D eigenvalue weighted by Crippen LogP contribution is 2.26. The molecule has 0 N–H and O–H groups in total. The molecule has 0 atom stereocenters. The molecule has 0 aliphatic carbocycles. The Morgan fingerprint density at radius 1 is 1.11 bits per heavy atom. The molecule has 152 valence electrons. The quantitative estimate of drug-likeness (QED) is 0.680. The summed E-state index contributed by atoms with van der Waals surface area (Å²) in [6.07, 6.45) is 2.89. The lowest BCUT2D eigenvalue weighted by atomic mass is 9.99. The Balaban J connectivity index is 0.00000280. The van der Waals surface area contributed by atoms with Crippen molar-refractivity contribution in [3.05, 3.63) is 66.0 Å². The van der Waals surface area contributed by atoms with Gasteiger partial charge in [-0.25, -0.2) is 4.39 Å². The Morgan fingerprint density at radius 3 is 2.39 bits per heavy atom. The van der Waals surface area contributed by atoms with Gasteiger partial charge in [-0.1, -0.05) is 50.2 Å². The van der Waals surface area contributed by atoms with Crippen LogP contribution in [0.4, 0.5) is 10.1 Å².